The number of nitrogens with zero attached hydrogens (tertiary/aromatic N) is 1. The van der Waals surface area contributed by atoms with Gasteiger partial charge in [-0.25, -0.2) is 4.79 Å². The highest BCUT2D eigenvalue weighted by molar-refractivity contribution is 6.12. The first-order valence-corrected chi connectivity index (χ1v) is 5.32. The van der Waals surface area contributed by atoms with Crippen molar-refractivity contribution < 1.29 is 19.1 Å². The Balaban J connectivity index is 2.09. The van der Waals surface area contributed by atoms with E-state index in [4.69, 9.17) is 0 Å². The molecule has 1 aromatic carbocycles. The molecule has 1 aromatic rings. The molecule has 1 aliphatic rings. The Morgan fingerprint density at radius 2 is 1.67 bits per heavy atom. The van der Waals surface area contributed by atoms with Crippen LogP contribution in [0.25, 0.3) is 0 Å². The number of amides is 2. The molecule has 0 radical (unpaired) electrons. The van der Waals surface area contributed by atoms with Crippen molar-refractivity contribution in [1.82, 2.24) is 4.90 Å². The van der Waals surface area contributed by atoms with Gasteiger partial charge in [0.25, 0.3) is 11.8 Å². The molecule has 0 spiro atoms. The standard InChI is InChI=1S/C13H11NO4/c1-18-13(17)10-4-2-9(3-5-10)8-14-11(15)6-7-12(14)16/h2-7H,8H2,1H3. The number of hydrogen-bond acceptors (Lipinski definition) is 4. The maximum atomic E-state index is 11.4. The van der Waals surface area contributed by atoms with Gasteiger partial charge in [-0.2, -0.15) is 0 Å². The van der Waals surface area contributed by atoms with Gasteiger partial charge >= 0.3 is 5.97 Å². The van der Waals surface area contributed by atoms with Crippen molar-refractivity contribution in [2.75, 3.05) is 7.11 Å². The number of rotatable bonds is 3. The van der Waals surface area contributed by atoms with Crippen molar-refractivity contribution in [2.24, 2.45) is 0 Å². The number of carbonyl (C=O) groups excluding carboxylic acids is 3. The Hall–Kier alpha value is -2.43. The van der Waals surface area contributed by atoms with Crippen molar-refractivity contribution in [2.45, 2.75) is 6.54 Å². The van der Waals surface area contributed by atoms with E-state index in [2.05, 4.69) is 4.74 Å². The number of imide groups is 1. The van der Waals surface area contributed by atoms with Crippen LogP contribution < -0.4 is 0 Å². The highest BCUT2D eigenvalue weighted by Crippen LogP contribution is 2.12. The molecular weight excluding hydrogens is 234 g/mol. The summed E-state index contributed by atoms with van der Waals surface area (Å²) in [5.41, 5.74) is 1.20. The number of methoxy groups -OCH3 is 1. The van der Waals surface area contributed by atoms with Crippen LogP contribution in [0.1, 0.15) is 15.9 Å². The molecule has 0 saturated carbocycles. The maximum absolute atomic E-state index is 11.4. The number of benzene rings is 1. The first kappa shape index (κ1) is 12.0. The van der Waals surface area contributed by atoms with Gasteiger partial charge in [0, 0.05) is 12.2 Å². The molecular formula is C13H11NO4. The third-order valence-electron chi connectivity index (χ3n) is 2.62. The van der Waals surface area contributed by atoms with E-state index in [0.717, 1.165) is 10.5 Å². The summed E-state index contributed by atoms with van der Waals surface area (Å²) in [6.07, 6.45) is 2.48. The van der Waals surface area contributed by atoms with Crippen molar-refractivity contribution in [3.8, 4) is 0 Å². The largest absolute Gasteiger partial charge is 0.465 e. The van der Waals surface area contributed by atoms with Crippen LogP contribution in [-0.2, 0) is 20.9 Å². The molecule has 2 amide bonds. The van der Waals surface area contributed by atoms with Gasteiger partial charge in [-0.15, -0.1) is 0 Å². The SMILES string of the molecule is COC(=O)c1ccc(CN2C(=O)C=CC2=O)cc1. The Kier molecular flexibility index (Phi) is 3.23. The minimum absolute atomic E-state index is 0.201. The second-order valence-corrected chi connectivity index (χ2v) is 3.78. The van der Waals surface area contributed by atoms with Gasteiger partial charge < -0.3 is 4.74 Å². The van der Waals surface area contributed by atoms with Gasteiger partial charge in [-0.1, -0.05) is 12.1 Å². The van der Waals surface area contributed by atoms with Crippen LogP contribution in [0.2, 0.25) is 0 Å². The summed E-state index contributed by atoms with van der Waals surface area (Å²) in [6.45, 7) is 0.201. The summed E-state index contributed by atoms with van der Waals surface area (Å²) in [5, 5.41) is 0. The van der Waals surface area contributed by atoms with Crippen molar-refractivity contribution in [3.63, 3.8) is 0 Å². The quantitative estimate of drug-likeness (QED) is 0.586. The van der Waals surface area contributed by atoms with E-state index in [0.29, 0.717) is 5.56 Å². The second kappa shape index (κ2) is 4.83. The predicted molar refractivity (Wildman–Crippen MR) is 62.5 cm³/mol. The fourth-order valence-corrected chi connectivity index (χ4v) is 1.63. The van der Waals surface area contributed by atoms with Crippen LogP contribution in [0.15, 0.2) is 36.4 Å². The zero-order valence-electron chi connectivity index (χ0n) is 9.75. The second-order valence-electron chi connectivity index (χ2n) is 3.78. The lowest BCUT2D eigenvalue weighted by atomic mass is 10.1. The van der Waals surface area contributed by atoms with Crippen molar-refractivity contribution in [3.05, 3.63) is 47.5 Å². The highest BCUT2D eigenvalue weighted by Gasteiger charge is 2.23. The maximum Gasteiger partial charge on any atom is 0.337 e. The highest BCUT2D eigenvalue weighted by atomic mass is 16.5. The summed E-state index contributed by atoms with van der Waals surface area (Å²) in [6, 6.07) is 6.56. The lowest BCUT2D eigenvalue weighted by molar-refractivity contribution is -0.137. The van der Waals surface area contributed by atoms with Crippen LogP contribution in [0.5, 0.6) is 0 Å². The fraction of sp³-hybridized carbons (Fsp3) is 0.154. The first-order valence-electron chi connectivity index (χ1n) is 5.32. The molecule has 5 heteroatoms. The summed E-state index contributed by atoms with van der Waals surface area (Å²) < 4.78 is 4.58. The molecule has 1 heterocycles. The average Bonchev–Trinajstić information content (AvgIpc) is 2.70. The van der Waals surface area contributed by atoms with Gasteiger partial charge in [0.2, 0.25) is 0 Å². The molecule has 0 N–H and O–H groups in total. The predicted octanol–water partition coefficient (Wildman–Crippen LogP) is 0.898. The van der Waals surface area contributed by atoms with Gasteiger partial charge in [0.15, 0.2) is 0 Å². The van der Waals surface area contributed by atoms with Crippen LogP contribution in [0, 0.1) is 0 Å². The third kappa shape index (κ3) is 2.29. The zero-order chi connectivity index (χ0) is 13.1. The monoisotopic (exact) mass is 245 g/mol. The van der Waals surface area contributed by atoms with Crippen molar-refractivity contribution >= 4 is 17.8 Å². The van der Waals surface area contributed by atoms with E-state index in [1.165, 1.54) is 19.3 Å². The van der Waals surface area contributed by atoms with Gasteiger partial charge in [-0.05, 0) is 17.7 Å². The van der Waals surface area contributed by atoms with E-state index in [-0.39, 0.29) is 18.4 Å². The van der Waals surface area contributed by atoms with Gasteiger partial charge in [0.1, 0.15) is 0 Å². The Bertz CT molecular complexity index is 512. The molecule has 0 bridgehead atoms. The molecule has 92 valence electrons. The lowest BCUT2D eigenvalue weighted by Crippen LogP contribution is -2.29. The molecule has 0 atom stereocenters. The molecule has 0 aliphatic carbocycles. The van der Waals surface area contributed by atoms with E-state index >= 15 is 0 Å². The average molecular weight is 245 g/mol. The topological polar surface area (TPSA) is 63.7 Å². The smallest absolute Gasteiger partial charge is 0.337 e. The van der Waals surface area contributed by atoms with E-state index in [1.54, 1.807) is 24.3 Å². The van der Waals surface area contributed by atoms with Crippen LogP contribution in [0.4, 0.5) is 0 Å². The van der Waals surface area contributed by atoms with E-state index in [1.807, 2.05) is 0 Å². The normalized spacial score (nSPS) is 14.2. The third-order valence-corrected chi connectivity index (χ3v) is 2.62. The summed E-state index contributed by atoms with van der Waals surface area (Å²) in [5.74, 6) is -1.06. The molecule has 0 unspecified atom stereocenters. The van der Waals surface area contributed by atoms with Gasteiger partial charge in [0.05, 0.1) is 19.2 Å². The minimum Gasteiger partial charge on any atom is -0.465 e. The molecule has 0 saturated heterocycles. The lowest BCUT2D eigenvalue weighted by Gasteiger charge is -2.13. The van der Waals surface area contributed by atoms with Crippen molar-refractivity contribution in [1.29, 1.82) is 0 Å². The molecule has 1 aliphatic heterocycles. The fourth-order valence-electron chi connectivity index (χ4n) is 1.63. The number of hydrogen-bond donors (Lipinski definition) is 0. The summed E-state index contributed by atoms with van der Waals surface area (Å²) >= 11 is 0. The molecule has 2 rings (SSSR count). The molecule has 0 fully saturated rings. The summed E-state index contributed by atoms with van der Waals surface area (Å²) in [4.78, 5) is 35.1. The molecule has 18 heavy (non-hydrogen) atoms. The van der Waals surface area contributed by atoms with Crippen LogP contribution >= 0.6 is 0 Å². The Morgan fingerprint density at radius 1 is 1.11 bits per heavy atom. The molecule has 5 nitrogen and oxygen atoms in total. The number of carbonyl (C=O) groups is 3. The number of ether oxygens (including phenoxy) is 1. The van der Waals surface area contributed by atoms with Crippen LogP contribution in [-0.4, -0.2) is 29.8 Å². The first-order chi connectivity index (χ1) is 8.61. The van der Waals surface area contributed by atoms with Crippen LogP contribution in [0.3, 0.4) is 0 Å². The molecule has 0 aromatic heterocycles. The minimum atomic E-state index is -0.420. The summed E-state index contributed by atoms with van der Waals surface area (Å²) in [7, 11) is 1.31. The van der Waals surface area contributed by atoms with E-state index < -0.39 is 5.97 Å². The van der Waals surface area contributed by atoms with Gasteiger partial charge in [-0.3, -0.25) is 14.5 Å². The van der Waals surface area contributed by atoms with E-state index in [9.17, 15) is 14.4 Å². The number of esters is 1. The Morgan fingerprint density at radius 3 is 2.17 bits per heavy atom. The Labute approximate surface area is 104 Å². The zero-order valence-corrected chi connectivity index (χ0v) is 9.75.